The minimum Gasteiger partial charge on any atom is -0.312 e. The van der Waals surface area contributed by atoms with Crippen LogP contribution in [0.15, 0.2) is 23.1 Å². The summed E-state index contributed by atoms with van der Waals surface area (Å²) in [5.41, 5.74) is -0.00792. The van der Waals surface area contributed by atoms with Gasteiger partial charge in [0.25, 0.3) is 5.56 Å². The molecule has 0 aromatic carbocycles. The molecule has 0 bridgehead atoms. The van der Waals surface area contributed by atoms with Crippen LogP contribution in [0.3, 0.4) is 0 Å². The Hall–Kier alpha value is -1.16. The quantitative estimate of drug-likeness (QED) is 0.780. The van der Waals surface area contributed by atoms with Crippen molar-refractivity contribution >= 4 is 0 Å². The highest BCUT2D eigenvalue weighted by atomic mass is 16.1. The smallest absolute Gasteiger partial charge is 0.266 e. The highest BCUT2D eigenvalue weighted by Crippen LogP contribution is 2.33. The fourth-order valence-corrected chi connectivity index (χ4v) is 1.92. The third kappa shape index (κ3) is 2.92. The highest BCUT2D eigenvalue weighted by Gasteiger charge is 2.31. The lowest BCUT2D eigenvalue weighted by Crippen LogP contribution is -2.39. The maximum atomic E-state index is 11.5. The van der Waals surface area contributed by atoms with Crippen molar-refractivity contribution < 1.29 is 0 Å². The van der Waals surface area contributed by atoms with E-state index in [1.807, 2.05) is 0 Å². The standard InChI is InChI=1S/C12H19N3O/c1-2-7-13-11(10-5-6-10)9-15-12(16)4-3-8-14-15/h3-4,8,10-11,13H,2,5-7,9H2,1H3. The molecular formula is C12H19N3O. The molecule has 0 spiro atoms. The predicted molar refractivity (Wildman–Crippen MR) is 63.3 cm³/mol. The summed E-state index contributed by atoms with van der Waals surface area (Å²) in [6, 6.07) is 3.66. The van der Waals surface area contributed by atoms with Gasteiger partial charge < -0.3 is 5.32 Å². The zero-order valence-corrected chi connectivity index (χ0v) is 9.72. The molecule has 0 saturated heterocycles. The third-order valence-electron chi connectivity index (χ3n) is 3.00. The molecule has 1 saturated carbocycles. The second-order valence-electron chi connectivity index (χ2n) is 4.44. The van der Waals surface area contributed by atoms with E-state index in [9.17, 15) is 4.79 Å². The lowest BCUT2D eigenvalue weighted by Gasteiger charge is -2.18. The summed E-state index contributed by atoms with van der Waals surface area (Å²) < 4.78 is 1.56. The Balaban J connectivity index is 1.99. The summed E-state index contributed by atoms with van der Waals surface area (Å²) in [4.78, 5) is 11.5. The summed E-state index contributed by atoms with van der Waals surface area (Å²) in [6.07, 6.45) is 5.36. The van der Waals surface area contributed by atoms with Gasteiger partial charge in [-0.1, -0.05) is 6.92 Å². The van der Waals surface area contributed by atoms with Crippen LogP contribution >= 0.6 is 0 Å². The molecule has 0 radical (unpaired) electrons. The Morgan fingerprint density at radius 3 is 3.06 bits per heavy atom. The fraction of sp³-hybridized carbons (Fsp3) is 0.667. The van der Waals surface area contributed by atoms with Gasteiger partial charge in [0, 0.05) is 18.3 Å². The van der Waals surface area contributed by atoms with Crippen molar-refractivity contribution in [1.29, 1.82) is 0 Å². The Kier molecular flexibility index (Phi) is 3.72. The van der Waals surface area contributed by atoms with Gasteiger partial charge in [-0.2, -0.15) is 5.10 Å². The van der Waals surface area contributed by atoms with E-state index in [0.29, 0.717) is 12.6 Å². The number of nitrogens with one attached hydrogen (secondary N) is 1. The molecule has 1 fully saturated rings. The van der Waals surface area contributed by atoms with E-state index in [1.165, 1.54) is 12.8 Å². The summed E-state index contributed by atoms with van der Waals surface area (Å²) in [5, 5.41) is 7.61. The number of rotatable bonds is 6. The van der Waals surface area contributed by atoms with E-state index in [-0.39, 0.29) is 5.56 Å². The van der Waals surface area contributed by atoms with Crippen molar-refractivity contribution in [2.24, 2.45) is 5.92 Å². The van der Waals surface area contributed by atoms with Gasteiger partial charge in [0.15, 0.2) is 0 Å². The topological polar surface area (TPSA) is 46.9 Å². The van der Waals surface area contributed by atoms with E-state index in [0.717, 1.165) is 18.9 Å². The van der Waals surface area contributed by atoms with Gasteiger partial charge in [0.05, 0.1) is 6.54 Å². The average molecular weight is 221 g/mol. The zero-order valence-electron chi connectivity index (χ0n) is 9.72. The number of nitrogens with zero attached hydrogens (tertiary/aromatic N) is 2. The molecule has 4 heteroatoms. The molecular weight excluding hydrogens is 202 g/mol. The van der Waals surface area contributed by atoms with Crippen LogP contribution in [0.1, 0.15) is 26.2 Å². The molecule has 1 aromatic heterocycles. The van der Waals surface area contributed by atoms with Crippen LogP contribution < -0.4 is 10.9 Å². The maximum Gasteiger partial charge on any atom is 0.266 e. The first kappa shape index (κ1) is 11.3. The van der Waals surface area contributed by atoms with Crippen molar-refractivity contribution in [2.75, 3.05) is 6.54 Å². The summed E-state index contributed by atoms with van der Waals surface area (Å²) >= 11 is 0. The molecule has 1 aliphatic rings. The summed E-state index contributed by atoms with van der Waals surface area (Å²) in [7, 11) is 0. The van der Waals surface area contributed by atoms with Gasteiger partial charge in [-0.25, -0.2) is 4.68 Å². The van der Waals surface area contributed by atoms with Crippen molar-refractivity contribution in [3.05, 3.63) is 28.7 Å². The van der Waals surface area contributed by atoms with Crippen LogP contribution in [0, 0.1) is 5.92 Å². The predicted octanol–water partition coefficient (Wildman–Crippen LogP) is 1.02. The Labute approximate surface area is 95.7 Å². The second kappa shape index (κ2) is 5.25. The van der Waals surface area contributed by atoms with E-state index in [1.54, 1.807) is 23.0 Å². The van der Waals surface area contributed by atoms with Crippen molar-refractivity contribution in [3.63, 3.8) is 0 Å². The van der Waals surface area contributed by atoms with Gasteiger partial charge >= 0.3 is 0 Å². The molecule has 88 valence electrons. The normalized spacial score (nSPS) is 17.3. The lowest BCUT2D eigenvalue weighted by atomic mass is 10.2. The van der Waals surface area contributed by atoms with Crippen LogP contribution in [0.2, 0.25) is 0 Å². The molecule has 1 unspecified atom stereocenters. The minimum absolute atomic E-state index is 0.00792. The molecule has 1 atom stereocenters. The van der Waals surface area contributed by atoms with E-state index >= 15 is 0 Å². The molecule has 1 aromatic rings. The highest BCUT2D eigenvalue weighted by molar-refractivity contribution is 4.89. The van der Waals surface area contributed by atoms with Crippen LogP contribution in [0.5, 0.6) is 0 Å². The fourth-order valence-electron chi connectivity index (χ4n) is 1.92. The largest absolute Gasteiger partial charge is 0.312 e. The molecule has 16 heavy (non-hydrogen) atoms. The van der Waals surface area contributed by atoms with Crippen LogP contribution in [-0.4, -0.2) is 22.4 Å². The van der Waals surface area contributed by atoms with E-state index in [4.69, 9.17) is 0 Å². The number of aromatic nitrogens is 2. The molecule has 1 N–H and O–H groups in total. The summed E-state index contributed by atoms with van der Waals surface area (Å²) in [5.74, 6) is 0.737. The maximum absolute atomic E-state index is 11.5. The van der Waals surface area contributed by atoms with E-state index < -0.39 is 0 Å². The average Bonchev–Trinajstić information content (AvgIpc) is 3.10. The van der Waals surface area contributed by atoms with Crippen molar-refractivity contribution in [1.82, 2.24) is 15.1 Å². The van der Waals surface area contributed by atoms with Crippen LogP contribution in [0.4, 0.5) is 0 Å². The lowest BCUT2D eigenvalue weighted by molar-refractivity contribution is 0.381. The number of hydrogen-bond acceptors (Lipinski definition) is 3. The molecule has 0 aliphatic heterocycles. The molecule has 1 heterocycles. The third-order valence-corrected chi connectivity index (χ3v) is 3.00. The van der Waals surface area contributed by atoms with Gasteiger partial charge in [-0.15, -0.1) is 0 Å². The summed E-state index contributed by atoms with van der Waals surface area (Å²) in [6.45, 7) is 3.87. The Morgan fingerprint density at radius 1 is 1.62 bits per heavy atom. The molecule has 4 nitrogen and oxygen atoms in total. The zero-order chi connectivity index (χ0) is 11.4. The molecule has 1 aliphatic carbocycles. The second-order valence-corrected chi connectivity index (χ2v) is 4.44. The first-order valence-electron chi connectivity index (χ1n) is 6.06. The first-order valence-corrected chi connectivity index (χ1v) is 6.06. The Bertz CT molecular complexity index is 384. The van der Waals surface area contributed by atoms with Crippen LogP contribution in [-0.2, 0) is 6.54 Å². The van der Waals surface area contributed by atoms with Crippen molar-refractivity contribution in [2.45, 2.75) is 38.8 Å². The van der Waals surface area contributed by atoms with Gasteiger partial charge in [-0.3, -0.25) is 4.79 Å². The molecule has 0 amide bonds. The van der Waals surface area contributed by atoms with Gasteiger partial charge in [-0.05, 0) is 37.8 Å². The SMILES string of the molecule is CCCNC(Cn1ncccc1=O)C1CC1. The minimum atomic E-state index is -0.00792. The molecule has 2 rings (SSSR count). The number of hydrogen-bond donors (Lipinski definition) is 1. The van der Waals surface area contributed by atoms with Gasteiger partial charge in [0.1, 0.15) is 0 Å². The van der Waals surface area contributed by atoms with Crippen molar-refractivity contribution in [3.8, 4) is 0 Å². The van der Waals surface area contributed by atoms with Crippen LogP contribution in [0.25, 0.3) is 0 Å². The van der Waals surface area contributed by atoms with Gasteiger partial charge in [0.2, 0.25) is 0 Å². The Morgan fingerprint density at radius 2 is 2.44 bits per heavy atom. The first-order chi connectivity index (χ1) is 7.81. The monoisotopic (exact) mass is 221 g/mol. The van der Waals surface area contributed by atoms with E-state index in [2.05, 4.69) is 17.3 Å².